The molecule has 3 nitrogen and oxygen atoms in total. The zero-order valence-corrected chi connectivity index (χ0v) is 12.3. The van der Waals surface area contributed by atoms with Crippen LogP contribution in [0.5, 0.6) is 11.5 Å². The number of anilines is 1. The molecular formula is C18H21NO2. The van der Waals surface area contributed by atoms with Crippen molar-refractivity contribution < 1.29 is 9.47 Å². The van der Waals surface area contributed by atoms with Crippen LogP contribution in [-0.2, 0) is 0 Å². The van der Waals surface area contributed by atoms with Gasteiger partial charge in [0.2, 0.25) is 0 Å². The predicted molar refractivity (Wildman–Crippen MR) is 85.7 cm³/mol. The Hall–Kier alpha value is -2.16. The van der Waals surface area contributed by atoms with Crippen molar-refractivity contribution in [1.82, 2.24) is 0 Å². The lowest BCUT2D eigenvalue weighted by Crippen LogP contribution is -2.11. The average Bonchev–Trinajstić information content (AvgIpc) is 3.01. The van der Waals surface area contributed by atoms with Gasteiger partial charge in [-0.05, 0) is 61.1 Å². The average molecular weight is 283 g/mol. The van der Waals surface area contributed by atoms with Gasteiger partial charge in [0.15, 0.2) is 11.5 Å². The van der Waals surface area contributed by atoms with E-state index in [2.05, 4.69) is 6.07 Å². The summed E-state index contributed by atoms with van der Waals surface area (Å²) in [5.41, 5.74) is 8.76. The van der Waals surface area contributed by atoms with Gasteiger partial charge in [0.05, 0.1) is 13.2 Å². The minimum Gasteiger partial charge on any atom is -0.493 e. The summed E-state index contributed by atoms with van der Waals surface area (Å²) in [6, 6.07) is 14.0. The van der Waals surface area contributed by atoms with E-state index in [1.165, 1.54) is 12.8 Å². The highest BCUT2D eigenvalue weighted by molar-refractivity contribution is 5.68. The maximum absolute atomic E-state index is 6.13. The normalized spacial score (nSPS) is 15.1. The topological polar surface area (TPSA) is 44.5 Å². The molecule has 2 aromatic carbocycles. The molecule has 0 unspecified atom stereocenters. The van der Waals surface area contributed by atoms with Gasteiger partial charge in [0.1, 0.15) is 0 Å². The first-order valence-electron chi connectivity index (χ1n) is 7.47. The van der Waals surface area contributed by atoms with Gasteiger partial charge in [-0.25, -0.2) is 0 Å². The summed E-state index contributed by atoms with van der Waals surface area (Å²) in [6.07, 6.45) is 5.10. The maximum Gasteiger partial charge on any atom is 0.162 e. The van der Waals surface area contributed by atoms with Gasteiger partial charge in [-0.15, -0.1) is 0 Å². The predicted octanol–water partition coefficient (Wildman–Crippen LogP) is 4.27. The van der Waals surface area contributed by atoms with Crippen molar-refractivity contribution in [3.8, 4) is 22.6 Å². The van der Waals surface area contributed by atoms with Gasteiger partial charge in [0, 0.05) is 5.69 Å². The number of nitrogens with two attached hydrogens (primary N) is 1. The molecule has 2 N–H and O–H groups in total. The molecule has 0 spiro atoms. The number of rotatable bonds is 4. The molecule has 1 aliphatic carbocycles. The summed E-state index contributed by atoms with van der Waals surface area (Å²) < 4.78 is 11.6. The first kappa shape index (κ1) is 13.8. The Labute approximate surface area is 125 Å². The van der Waals surface area contributed by atoms with Crippen molar-refractivity contribution in [1.29, 1.82) is 0 Å². The highest BCUT2D eigenvalue weighted by Gasteiger charge is 2.18. The van der Waals surface area contributed by atoms with Crippen LogP contribution in [0.3, 0.4) is 0 Å². The van der Waals surface area contributed by atoms with Crippen LogP contribution in [0.15, 0.2) is 42.5 Å². The van der Waals surface area contributed by atoms with Crippen LogP contribution < -0.4 is 15.2 Å². The molecule has 0 saturated heterocycles. The first-order valence-corrected chi connectivity index (χ1v) is 7.47. The van der Waals surface area contributed by atoms with E-state index in [-0.39, 0.29) is 0 Å². The maximum atomic E-state index is 6.13. The van der Waals surface area contributed by atoms with E-state index >= 15 is 0 Å². The lowest BCUT2D eigenvalue weighted by atomic mass is 10.0. The van der Waals surface area contributed by atoms with Gasteiger partial charge in [-0.2, -0.15) is 0 Å². The minimum absolute atomic E-state index is 0.320. The van der Waals surface area contributed by atoms with Crippen molar-refractivity contribution >= 4 is 5.69 Å². The molecular weight excluding hydrogens is 262 g/mol. The molecule has 0 aromatic heterocycles. The zero-order valence-electron chi connectivity index (χ0n) is 12.3. The molecule has 0 radical (unpaired) electrons. The summed E-state index contributed by atoms with van der Waals surface area (Å²) in [5.74, 6) is 1.62. The Morgan fingerprint density at radius 2 is 1.57 bits per heavy atom. The highest BCUT2D eigenvalue weighted by Crippen LogP contribution is 2.35. The molecule has 0 aliphatic heterocycles. The van der Waals surface area contributed by atoms with Crippen LogP contribution in [0.4, 0.5) is 5.69 Å². The quantitative estimate of drug-likeness (QED) is 0.852. The fraction of sp³-hybridized carbons (Fsp3) is 0.333. The Kier molecular flexibility index (Phi) is 4.00. The molecule has 3 heteroatoms. The molecule has 0 bridgehead atoms. The van der Waals surface area contributed by atoms with Crippen molar-refractivity contribution in [2.45, 2.75) is 31.8 Å². The molecule has 0 atom stereocenters. The summed E-state index contributed by atoms with van der Waals surface area (Å²) >= 11 is 0. The second kappa shape index (κ2) is 6.08. The van der Waals surface area contributed by atoms with Crippen LogP contribution in [0, 0.1) is 0 Å². The van der Waals surface area contributed by atoms with Gasteiger partial charge in [-0.1, -0.05) is 18.2 Å². The molecule has 110 valence electrons. The van der Waals surface area contributed by atoms with Crippen LogP contribution >= 0.6 is 0 Å². The van der Waals surface area contributed by atoms with E-state index in [1.54, 1.807) is 7.11 Å². The fourth-order valence-corrected chi connectivity index (χ4v) is 2.81. The van der Waals surface area contributed by atoms with Crippen molar-refractivity contribution in [2.75, 3.05) is 12.8 Å². The van der Waals surface area contributed by atoms with E-state index in [0.717, 1.165) is 41.2 Å². The SMILES string of the molecule is COc1ccc(-c2ccc(N)cc2)cc1OC1CCCC1. The molecule has 1 aliphatic rings. The summed E-state index contributed by atoms with van der Waals surface area (Å²) in [7, 11) is 1.68. The number of benzene rings is 2. The molecule has 1 fully saturated rings. The van der Waals surface area contributed by atoms with Crippen LogP contribution in [0.1, 0.15) is 25.7 Å². The van der Waals surface area contributed by atoms with Gasteiger partial charge in [0.25, 0.3) is 0 Å². The Morgan fingerprint density at radius 1 is 0.905 bits per heavy atom. The van der Waals surface area contributed by atoms with Gasteiger partial charge >= 0.3 is 0 Å². The molecule has 1 saturated carbocycles. The van der Waals surface area contributed by atoms with E-state index in [0.29, 0.717) is 6.10 Å². The summed E-state index contributed by atoms with van der Waals surface area (Å²) in [4.78, 5) is 0. The number of ether oxygens (including phenoxy) is 2. The molecule has 21 heavy (non-hydrogen) atoms. The third-order valence-corrected chi connectivity index (χ3v) is 4.00. The summed E-state index contributed by atoms with van der Waals surface area (Å²) in [5, 5.41) is 0. The van der Waals surface area contributed by atoms with Crippen LogP contribution in [-0.4, -0.2) is 13.2 Å². The van der Waals surface area contributed by atoms with Crippen LogP contribution in [0.25, 0.3) is 11.1 Å². The zero-order chi connectivity index (χ0) is 14.7. The summed E-state index contributed by atoms with van der Waals surface area (Å²) in [6.45, 7) is 0. The fourth-order valence-electron chi connectivity index (χ4n) is 2.81. The Bertz CT molecular complexity index is 601. The monoisotopic (exact) mass is 283 g/mol. The first-order chi connectivity index (χ1) is 10.3. The Balaban J connectivity index is 1.89. The standard InChI is InChI=1S/C18H21NO2/c1-20-17-11-8-14(13-6-9-15(19)10-7-13)12-18(17)21-16-4-2-3-5-16/h6-12,16H,2-5,19H2,1H3. The number of nitrogen functional groups attached to an aromatic ring is 1. The van der Waals surface area contributed by atoms with Crippen LogP contribution in [0.2, 0.25) is 0 Å². The third-order valence-electron chi connectivity index (χ3n) is 4.00. The highest BCUT2D eigenvalue weighted by atomic mass is 16.5. The number of hydrogen-bond donors (Lipinski definition) is 1. The van der Waals surface area contributed by atoms with Gasteiger partial charge in [-0.3, -0.25) is 0 Å². The van der Waals surface area contributed by atoms with E-state index in [4.69, 9.17) is 15.2 Å². The third kappa shape index (κ3) is 3.13. The molecule has 0 heterocycles. The van der Waals surface area contributed by atoms with E-state index in [1.807, 2.05) is 36.4 Å². The molecule has 0 amide bonds. The van der Waals surface area contributed by atoms with E-state index in [9.17, 15) is 0 Å². The largest absolute Gasteiger partial charge is 0.493 e. The van der Waals surface area contributed by atoms with E-state index < -0.39 is 0 Å². The second-order valence-electron chi connectivity index (χ2n) is 5.51. The Morgan fingerprint density at radius 3 is 2.24 bits per heavy atom. The number of hydrogen-bond acceptors (Lipinski definition) is 3. The van der Waals surface area contributed by atoms with Gasteiger partial charge < -0.3 is 15.2 Å². The van der Waals surface area contributed by atoms with Crippen molar-refractivity contribution in [3.05, 3.63) is 42.5 Å². The second-order valence-corrected chi connectivity index (χ2v) is 5.51. The molecule has 3 rings (SSSR count). The van der Waals surface area contributed by atoms with Crippen molar-refractivity contribution in [3.63, 3.8) is 0 Å². The minimum atomic E-state index is 0.320. The lowest BCUT2D eigenvalue weighted by Gasteiger charge is -2.17. The number of methoxy groups -OCH3 is 1. The lowest BCUT2D eigenvalue weighted by molar-refractivity contribution is 0.201. The van der Waals surface area contributed by atoms with Crippen molar-refractivity contribution in [2.24, 2.45) is 0 Å². The molecule has 2 aromatic rings. The smallest absolute Gasteiger partial charge is 0.162 e.